The molecule has 4 heteroatoms. The zero-order valence-corrected chi connectivity index (χ0v) is 10.9. The minimum atomic E-state index is -1.91. The fourth-order valence-electron chi connectivity index (χ4n) is 0.764. The summed E-state index contributed by atoms with van der Waals surface area (Å²) in [5, 5.41) is 0. The Morgan fingerprint density at radius 1 is 1.14 bits per heavy atom. The molecule has 3 nitrogen and oxygen atoms in total. The largest absolute Gasteiger partial charge is 0.549 e. The van der Waals surface area contributed by atoms with Crippen LogP contribution in [0.25, 0.3) is 0 Å². The van der Waals surface area contributed by atoms with Crippen molar-refractivity contribution in [1.82, 2.24) is 0 Å². The van der Waals surface area contributed by atoms with E-state index in [0.29, 0.717) is 0 Å². The maximum absolute atomic E-state index is 5.56. The molecular formula is C10H22O3Si. The van der Waals surface area contributed by atoms with E-state index in [0.717, 1.165) is 31.8 Å². The molecule has 0 radical (unpaired) electrons. The molecule has 0 bridgehead atoms. The third kappa shape index (κ3) is 7.12. The Balaban J connectivity index is 3.83. The third-order valence-electron chi connectivity index (χ3n) is 1.60. The topological polar surface area (TPSA) is 27.7 Å². The summed E-state index contributed by atoms with van der Waals surface area (Å²) in [5.41, 5.74) is 0. The summed E-state index contributed by atoms with van der Waals surface area (Å²) in [5.74, 6) is 0.883. The van der Waals surface area contributed by atoms with E-state index in [9.17, 15) is 0 Å². The highest BCUT2D eigenvalue weighted by atomic mass is 28.3. The molecule has 0 aromatic heterocycles. The number of rotatable bonds is 8. The van der Waals surface area contributed by atoms with E-state index in [2.05, 4.69) is 13.8 Å². The SMILES string of the molecule is CC=C(C)O[SiH](OCCC)OCCC. The number of allylic oxidation sites excluding steroid dienone is 2. The maximum Gasteiger partial charge on any atom is 0.549 e. The van der Waals surface area contributed by atoms with Crippen LogP contribution < -0.4 is 0 Å². The lowest BCUT2D eigenvalue weighted by Gasteiger charge is -2.17. The van der Waals surface area contributed by atoms with E-state index in [1.165, 1.54) is 0 Å². The van der Waals surface area contributed by atoms with Crippen LogP contribution in [0.15, 0.2) is 11.8 Å². The van der Waals surface area contributed by atoms with Crippen molar-refractivity contribution in [2.75, 3.05) is 13.2 Å². The molecule has 0 aromatic carbocycles. The van der Waals surface area contributed by atoms with Gasteiger partial charge >= 0.3 is 9.53 Å². The van der Waals surface area contributed by atoms with Gasteiger partial charge in [0.05, 0.1) is 5.76 Å². The molecule has 0 aliphatic rings. The molecular weight excluding hydrogens is 196 g/mol. The summed E-state index contributed by atoms with van der Waals surface area (Å²) < 4.78 is 16.6. The second-order valence-corrected chi connectivity index (χ2v) is 4.53. The molecule has 0 amide bonds. The molecule has 0 fully saturated rings. The lowest BCUT2D eigenvalue weighted by atomic mass is 10.5. The summed E-state index contributed by atoms with van der Waals surface area (Å²) in [6, 6.07) is 0. The van der Waals surface area contributed by atoms with Crippen LogP contribution in [0.1, 0.15) is 40.5 Å². The first-order valence-corrected chi connectivity index (χ1v) is 6.68. The number of hydrogen-bond acceptors (Lipinski definition) is 3. The number of hydrogen-bond donors (Lipinski definition) is 0. The van der Waals surface area contributed by atoms with E-state index < -0.39 is 9.53 Å². The van der Waals surface area contributed by atoms with Crippen molar-refractivity contribution in [3.05, 3.63) is 11.8 Å². The van der Waals surface area contributed by atoms with Crippen LogP contribution in [0.4, 0.5) is 0 Å². The molecule has 0 saturated carbocycles. The zero-order chi connectivity index (χ0) is 10.8. The molecule has 0 saturated heterocycles. The van der Waals surface area contributed by atoms with Gasteiger partial charge in [-0.1, -0.05) is 19.9 Å². The first-order chi connectivity index (χ1) is 6.74. The van der Waals surface area contributed by atoms with E-state index in [1.54, 1.807) is 0 Å². The van der Waals surface area contributed by atoms with E-state index in [-0.39, 0.29) is 0 Å². The Hall–Kier alpha value is -0.323. The van der Waals surface area contributed by atoms with Crippen LogP contribution in [0.5, 0.6) is 0 Å². The van der Waals surface area contributed by atoms with Crippen molar-refractivity contribution < 1.29 is 13.3 Å². The van der Waals surface area contributed by atoms with Gasteiger partial charge in [-0.15, -0.1) is 0 Å². The molecule has 0 aliphatic carbocycles. The fourth-order valence-corrected chi connectivity index (χ4v) is 2.29. The second-order valence-electron chi connectivity index (χ2n) is 3.05. The molecule has 14 heavy (non-hydrogen) atoms. The summed E-state index contributed by atoms with van der Waals surface area (Å²) in [6.45, 7) is 9.46. The quantitative estimate of drug-likeness (QED) is 0.463. The van der Waals surface area contributed by atoms with Crippen LogP contribution in [0, 0.1) is 0 Å². The van der Waals surface area contributed by atoms with Gasteiger partial charge in [-0.2, -0.15) is 0 Å². The van der Waals surface area contributed by atoms with Crippen molar-refractivity contribution in [3.63, 3.8) is 0 Å². The minimum Gasteiger partial charge on any atom is -0.507 e. The first-order valence-electron chi connectivity index (χ1n) is 5.27. The summed E-state index contributed by atoms with van der Waals surface area (Å²) >= 11 is 0. The maximum atomic E-state index is 5.56. The van der Waals surface area contributed by atoms with Gasteiger partial charge in [0.15, 0.2) is 0 Å². The van der Waals surface area contributed by atoms with Gasteiger partial charge in [0.25, 0.3) is 0 Å². The summed E-state index contributed by atoms with van der Waals surface area (Å²) in [6.07, 6.45) is 3.92. The Kier molecular flexibility index (Phi) is 9.03. The smallest absolute Gasteiger partial charge is 0.507 e. The lowest BCUT2D eigenvalue weighted by molar-refractivity contribution is 0.117. The van der Waals surface area contributed by atoms with Gasteiger partial charge in [0, 0.05) is 13.2 Å². The second kappa shape index (κ2) is 9.24. The molecule has 0 unspecified atom stereocenters. The van der Waals surface area contributed by atoms with Gasteiger partial charge in [-0.05, 0) is 26.7 Å². The van der Waals surface area contributed by atoms with E-state index >= 15 is 0 Å². The highest BCUT2D eigenvalue weighted by Gasteiger charge is 2.15. The van der Waals surface area contributed by atoms with E-state index in [4.69, 9.17) is 13.3 Å². The Morgan fingerprint density at radius 3 is 2.00 bits per heavy atom. The van der Waals surface area contributed by atoms with Crippen LogP contribution in [-0.4, -0.2) is 22.7 Å². The summed E-state index contributed by atoms with van der Waals surface area (Å²) in [7, 11) is -1.91. The molecule has 0 spiro atoms. The van der Waals surface area contributed by atoms with E-state index in [1.807, 2.05) is 19.9 Å². The highest BCUT2D eigenvalue weighted by Crippen LogP contribution is 2.02. The van der Waals surface area contributed by atoms with Crippen LogP contribution in [-0.2, 0) is 13.3 Å². The average molecular weight is 218 g/mol. The Labute approximate surface area is 89.0 Å². The standard InChI is InChI=1S/C10H22O3Si/c1-5-8-11-14(12-9-6-2)13-10(4)7-3/h7,14H,5-6,8-9H2,1-4H3. The Bertz CT molecular complexity index is 151. The predicted octanol–water partition coefficient (Wildman–Crippen LogP) is 2.50. The van der Waals surface area contributed by atoms with Crippen LogP contribution in [0.3, 0.4) is 0 Å². The van der Waals surface area contributed by atoms with Crippen molar-refractivity contribution in [3.8, 4) is 0 Å². The minimum absolute atomic E-state index is 0.720. The molecule has 0 rings (SSSR count). The van der Waals surface area contributed by atoms with Gasteiger partial charge in [0.2, 0.25) is 0 Å². The van der Waals surface area contributed by atoms with Gasteiger partial charge < -0.3 is 13.3 Å². The third-order valence-corrected chi connectivity index (χ3v) is 3.18. The zero-order valence-electron chi connectivity index (χ0n) is 9.71. The normalized spacial score (nSPS) is 12.2. The van der Waals surface area contributed by atoms with Crippen molar-refractivity contribution in [2.45, 2.75) is 40.5 Å². The fraction of sp³-hybridized carbons (Fsp3) is 0.800. The molecule has 0 aromatic rings. The van der Waals surface area contributed by atoms with Crippen molar-refractivity contribution >= 4 is 9.53 Å². The lowest BCUT2D eigenvalue weighted by Crippen LogP contribution is -2.27. The predicted molar refractivity (Wildman–Crippen MR) is 60.2 cm³/mol. The van der Waals surface area contributed by atoms with Crippen LogP contribution in [0.2, 0.25) is 0 Å². The molecule has 84 valence electrons. The van der Waals surface area contributed by atoms with Crippen LogP contribution >= 0.6 is 0 Å². The summed E-state index contributed by atoms with van der Waals surface area (Å²) in [4.78, 5) is 0. The molecule has 0 heterocycles. The Morgan fingerprint density at radius 2 is 1.64 bits per heavy atom. The van der Waals surface area contributed by atoms with Gasteiger partial charge in [0.1, 0.15) is 0 Å². The van der Waals surface area contributed by atoms with Crippen molar-refractivity contribution in [1.29, 1.82) is 0 Å². The van der Waals surface area contributed by atoms with Gasteiger partial charge in [-0.25, -0.2) is 0 Å². The monoisotopic (exact) mass is 218 g/mol. The molecule has 0 N–H and O–H groups in total. The molecule has 0 atom stereocenters. The average Bonchev–Trinajstić information content (AvgIpc) is 2.21. The first kappa shape index (κ1) is 13.7. The van der Waals surface area contributed by atoms with Gasteiger partial charge in [-0.3, -0.25) is 0 Å². The molecule has 0 aliphatic heterocycles. The van der Waals surface area contributed by atoms with Crippen molar-refractivity contribution in [2.24, 2.45) is 0 Å². The highest BCUT2D eigenvalue weighted by molar-refractivity contribution is 6.36.